The molecule has 0 bridgehead atoms. The number of benzene rings is 2. The summed E-state index contributed by atoms with van der Waals surface area (Å²) in [5.41, 5.74) is 4.31. The molecule has 0 spiro atoms. The average molecular weight is 558 g/mol. The lowest BCUT2D eigenvalue weighted by Gasteiger charge is -2.30. The van der Waals surface area contributed by atoms with Gasteiger partial charge in [0, 0.05) is 42.1 Å². The minimum atomic E-state index is -0.428. The normalized spacial score (nSPS) is 20.3. The van der Waals surface area contributed by atoms with Crippen molar-refractivity contribution < 1.29 is 23.8 Å². The topological polar surface area (TPSA) is 90.8 Å². The molecule has 8 heteroatoms. The summed E-state index contributed by atoms with van der Waals surface area (Å²) in [6.45, 7) is 3.40. The van der Waals surface area contributed by atoms with Gasteiger partial charge in [-0.15, -0.1) is 0 Å². The van der Waals surface area contributed by atoms with Gasteiger partial charge < -0.3 is 24.1 Å². The van der Waals surface area contributed by atoms with Gasteiger partial charge in [0.25, 0.3) is 5.91 Å². The first-order chi connectivity index (χ1) is 20.0. The third kappa shape index (κ3) is 5.67. The molecule has 1 unspecified atom stereocenters. The van der Waals surface area contributed by atoms with Gasteiger partial charge in [0.15, 0.2) is 0 Å². The molecule has 3 aliphatic carbocycles. The second kappa shape index (κ2) is 11.0. The number of nitrogens with one attached hydrogen (secondary N) is 2. The van der Waals surface area contributed by atoms with E-state index in [1.165, 1.54) is 6.42 Å². The third-order valence-electron chi connectivity index (χ3n) is 9.01. The van der Waals surface area contributed by atoms with Crippen molar-refractivity contribution in [2.24, 2.45) is 5.92 Å². The van der Waals surface area contributed by atoms with Gasteiger partial charge in [-0.25, -0.2) is 4.79 Å². The molecular weight excluding hydrogens is 518 g/mol. The highest BCUT2D eigenvalue weighted by atomic mass is 16.6. The molecule has 2 aromatic carbocycles. The fraction of sp³-hybridized carbons (Fsp3) is 0.515. The molecule has 3 saturated carbocycles. The maximum Gasteiger partial charge on any atom is 0.411 e. The van der Waals surface area contributed by atoms with Crippen molar-refractivity contribution >= 4 is 28.6 Å². The molecule has 2 N–H and O–H groups in total. The van der Waals surface area contributed by atoms with Crippen LogP contribution in [0.15, 0.2) is 42.5 Å². The number of aromatic nitrogens is 1. The molecule has 8 nitrogen and oxygen atoms in total. The van der Waals surface area contributed by atoms with Crippen molar-refractivity contribution in [2.45, 2.75) is 89.0 Å². The van der Waals surface area contributed by atoms with Crippen molar-refractivity contribution in [1.82, 2.24) is 9.88 Å². The van der Waals surface area contributed by atoms with Crippen LogP contribution in [0, 0.1) is 5.92 Å². The van der Waals surface area contributed by atoms with Crippen LogP contribution in [-0.4, -0.2) is 48.0 Å². The van der Waals surface area contributed by atoms with Crippen LogP contribution >= 0.6 is 0 Å². The number of ether oxygens (including phenoxy) is 3. The van der Waals surface area contributed by atoms with Gasteiger partial charge in [-0.3, -0.25) is 10.1 Å². The predicted octanol–water partition coefficient (Wildman–Crippen LogP) is 6.83. The first-order valence-electron chi connectivity index (χ1n) is 15.3. The Balaban J connectivity index is 1.24. The second-order valence-corrected chi connectivity index (χ2v) is 12.2. The minimum Gasteiger partial charge on any atom is -0.490 e. The largest absolute Gasteiger partial charge is 0.490 e. The van der Waals surface area contributed by atoms with Gasteiger partial charge in [-0.2, -0.15) is 0 Å². The summed E-state index contributed by atoms with van der Waals surface area (Å²) in [5, 5.41) is 7.05. The Bertz CT molecular complexity index is 1430. The number of hydrogen-bond acceptors (Lipinski definition) is 5. The lowest BCUT2D eigenvalue weighted by Crippen LogP contribution is -2.26. The monoisotopic (exact) mass is 557 g/mol. The predicted molar refractivity (Wildman–Crippen MR) is 158 cm³/mol. The van der Waals surface area contributed by atoms with Crippen LogP contribution in [0.5, 0.6) is 5.75 Å². The van der Waals surface area contributed by atoms with Crippen LogP contribution < -0.4 is 15.4 Å². The Labute approximate surface area is 240 Å². The number of carbonyl (C=O) groups excluding carboxylic acids is 2. The van der Waals surface area contributed by atoms with Crippen molar-refractivity contribution in [2.75, 3.05) is 18.5 Å². The Morgan fingerprint density at radius 1 is 0.951 bits per heavy atom. The summed E-state index contributed by atoms with van der Waals surface area (Å²) in [6.07, 6.45) is 9.05. The fourth-order valence-electron chi connectivity index (χ4n) is 6.06. The first kappa shape index (κ1) is 26.4. The zero-order chi connectivity index (χ0) is 27.9. The zero-order valence-electron chi connectivity index (χ0n) is 23.7. The number of amides is 2. The summed E-state index contributed by atoms with van der Waals surface area (Å²) >= 11 is 0. The van der Waals surface area contributed by atoms with Gasteiger partial charge in [-0.1, -0.05) is 12.1 Å². The van der Waals surface area contributed by atoms with Crippen LogP contribution in [0.3, 0.4) is 0 Å². The van der Waals surface area contributed by atoms with Crippen molar-refractivity contribution in [3.05, 3.63) is 48.0 Å². The molecule has 1 aromatic heterocycles. The summed E-state index contributed by atoms with van der Waals surface area (Å²) in [4.78, 5) is 26.2. The SMILES string of the molecule is CC(OC(=O)Nc1ccc(-c2c(C(=O)NC3CC3)c3ccc(OC4CCOCC4)cc3n2C2CCC2)cc1)C1CC1. The van der Waals surface area contributed by atoms with Gasteiger partial charge in [0.1, 0.15) is 18.0 Å². The smallest absolute Gasteiger partial charge is 0.411 e. The van der Waals surface area contributed by atoms with Crippen LogP contribution in [0.2, 0.25) is 0 Å². The molecule has 3 aromatic rings. The third-order valence-corrected chi connectivity index (χ3v) is 9.01. The molecule has 41 heavy (non-hydrogen) atoms. The molecule has 4 aliphatic rings. The lowest BCUT2D eigenvalue weighted by molar-refractivity contribution is 0.0256. The van der Waals surface area contributed by atoms with E-state index in [4.69, 9.17) is 14.2 Å². The first-order valence-corrected chi connectivity index (χ1v) is 15.3. The number of carbonyl (C=O) groups is 2. The van der Waals surface area contributed by atoms with Crippen LogP contribution in [0.1, 0.15) is 81.1 Å². The van der Waals surface area contributed by atoms with E-state index in [0.717, 1.165) is 98.1 Å². The quantitative estimate of drug-likeness (QED) is 0.301. The van der Waals surface area contributed by atoms with E-state index in [-0.39, 0.29) is 24.2 Å². The number of hydrogen-bond donors (Lipinski definition) is 2. The minimum absolute atomic E-state index is 0.0245. The van der Waals surface area contributed by atoms with Gasteiger partial charge in [0.2, 0.25) is 0 Å². The highest BCUT2D eigenvalue weighted by molar-refractivity contribution is 6.13. The highest BCUT2D eigenvalue weighted by Crippen LogP contribution is 2.44. The zero-order valence-corrected chi connectivity index (χ0v) is 23.7. The van der Waals surface area contributed by atoms with Crippen LogP contribution in [0.25, 0.3) is 22.2 Å². The lowest BCUT2D eigenvalue weighted by atomic mass is 9.92. The summed E-state index contributed by atoms with van der Waals surface area (Å²) < 4.78 is 19.8. The summed E-state index contributed by atoms with van der Waals surface area (Å²) in [6, 6.07) is 14.5. The number of nitrogens with zero attached hydrogens (tertiary/aromatic N) is 1. The fourth-order valence-corrected chi connectivity index (χ4v) is 6.06. The molecule has 216 valence electrons. The molecule has 2 heterocycles. The van der Waals surface area contributed by atoms with E-state index < -0.39 is 6.09 Å². The van der Waals surface area contributed by atoms with Gasteiger partial charge in [-0.05, 0) is 87.6 Å². The van der Waals surface area contributed by atoms with E-state index in [1.807, 2.05) is 37.3 Å². The van der Waals surface area contributed by atoms with Gasteiger partial charge in [0.05, 0.1) is 30.0 Å². The Kier molecular flexibility index (Phi) is 7.11. The standard InChI is InChI=1S/C33H39N3O5/c1-20(21-5-6-21)40-33(38)35-24-9-7-22(8-10-24)31-30(32(37)34-23-11-12-23)28-14-13-27(41-26-15-17-39-18-16-26)19-29(28)36(31)25-3-2-4-25/h7-10,13-14,19-21,23,25-26H,2-6,11-12,15-18H2,1H3,(H,34,37)(H,35,38). The van der Waals surface area contributed by atoms with Crippen molar-refractivity contribution in [1.29, 1.82) is 0 Å². The maximum atomic E-state index is 13.8. The average Bonchev–Trinajstić information content (AvgIpc) is 3.87. The van der Waals surface area contributed by atoms with E-state index in [1.54, 1.807) is 0 Å². The Morgan fingerprint density at radius 3 is 2.37 bits per heavy atom. The van der Waals surface area contributed by atoms with Crippen LogP contribution in [-0.2, 0) is 9.47 Å². The molecule has 4 fully saturated rings. The summed E-state index contributed by atoms with van der Waals surface area (Å²) in [5.74, 6) is 1.30. The molecule has 1 atom stereocenters. The Morgan fingerprint density at radius 2 is 1.71 bits per heavy atom. The molecule has 2 amide bonds. The van der Waals surface area contributed by atoms with E-state index in [0.29, 0.717) is 17.6 Å². The van der Waals surface area contributed by atoms with Gasteiger partial charge >= 0.3 is 6.09 Å². The molecule has 7 rings (SSSR count). The summed E-state index contributed by atoms with van der Waals surface area (Å²) in [7, 11) is 0. The highest BCUT2D eigenvalue weighted by Gasteiger charge is 2.33. The van der Waals surface area contributed by atoms with E-state index in [2.05, 4.69) is 27.3 Å². The Hall–Kier alpha value is -3.52. The second-order valence-electron chi connectivity index (χ2n) is 12.2. The van der Waals surface area contributed by atoms with Crippen molar-refractivity contribution in [3.8, 4) is 17.0 Å². The molecular formula is C33H39N3O5. The van der Waals surface area contributed by atoms with E-state index in [9.17, 15) is 9.59 Å². The maximum absolute atomic E-state index is 13.8. The van der Waals surface area contributed by atoms with Crippen LogP contribution in [0.4, 0.5) is 10.5 Å². The molecule has 0 radical (unpaired) electrons. The van der Waals surface area contributed by atoms with Crippen molar-refractivity contribution in [3.63, 3.8) is 0 Å². The number of anilines is 1. The van der Waals surface area contributed by atoms with E-state index >= 15 is 0 Å². The number of rotatable bonds is 9. The molecule has 1 aliphatic heterocycles. The number of fused-ring (bicyclic) bond motifs is 1. The molecule has 1 saturated heterocycles.